The third-order valence-electron chi connectivity index (χ3n) is 14.1. The Morgan fingerprint density at radius 2 is 1.17 bits per heavy atom. The van der Waals surface area contributed by atoms with Crippen LogP contribution in [-0.4, -0.2) is 4.57 Å². The van der Waals surface area contributed by atoms with Crippen LogP contribution in [0.4, 0.5) is 11.4 Å². The van der Waals surface area contributed by atoms with Crippen LogP contribution in [0, 0.1) is 5.92 Å². The number of aromatic nitrogens is 1. The van der Waals surface area contributed by atoms with Gasteiger partial charge in [-0.05, 0) is 129 Å². The molecule has 0 N–H and O–H groups in total. The zero-order valence-corrected chi connectivity index (χ0v) is 35.8. The van der Waals surface area contributed by atoms with Crippen molar-refractivity contribution >= 4 is 55.1 Å². The van der Waals surface area contributed by atoms with Gasteiger partial charge >= 0.3 is 0 Å². The summed E-state index contributed by atoms with van der Waals surface area (Å²) in [6.45, 7) is 4.77. The Morgan fingerprint density at radius 1 is 0.531 bits per heavy atom. The average molecular weight is 821 g/mol. The van der Waals surface area contributed by atoms with Crippen molar-refractivity contribution in [1.82, 2.24) is 4.57 Å². The largest absolute Gasteiger partial charge is 0.454 e. The lowest BCUT2D eigenvalue weighted by Gasteiger charge is -2.32. The summed E-state index contributed by atoms with van der Waals surface area (Å²) < 4.78 is 8.93. The fourth-order valence-corrected chi connectivity index (χ4v) is 10.9. The smallest absolute Gasteiger partial charge is 0.159 e. The molecule has 304 valence electrons. The van der Waals surface area contributed by atoms with Crippen molar-refractivity contribution in [1.29, 1.82) is 0 Å². The fourth-order valence-electron chi connectivity index (χ4n) is 10.9. The summed E-state index contributed by atoms with van der Waals surface area (Å²) in [5, 5.41) is 4.73. The van der Waals surface area contributed by atoms with Gasteiger partial charge in [-0.1, -0.05) is 153 Å². The Bertz CT molecular complexity index is 3660. The first kappa shape index (κ1) is 36.7. The summed E-state index contributed by atoms with van der Waals surface area (Å²) in [6.07, 6.45) is 14.6. The maximum atomic E-state index is 6.55. The minimum absolute atomic E-state index is 0.175. The van der Waals surface area contributed by atoms with Gasteiger partial charge in [0.1, 0.15) is 5.58 Å². The van der Waals surface area contributed by atoms with Crippen LogP contribution in [0.5, 0.6) is 0 Å². The normalized spacial score (nSPS) is 15.9. The molecule has 10 aromatic rings. The molecule has 3 aliphatic rings. The van der Waals surface area contributed by atoms with E-state index in [9.17, 15) is 0 Å². The third-order valence-corrected chi connectivity index (χ3v) is 14.1. The molecule has 0 spiro atoms. The van der Waals surface area contributed by atoms with Crippen LogP contribution in [0.1, 0.15) is 31.4 Å². The highest BCUT2D eigenvalue weighted by Gasteiger charge is 2.36. The number of para-hydroxylation sites is 4. The van der Waals surface area contributed by atoms with Crippen molar-refractivity contribution in [2.24, 2.45) is 5.92 Å². The first-order chi connectivity index (χ1) is 31.5. The Morgan fingerprint density at radius 3 is 1.98 bits per heavy atom. The zero-order chi connectivity index (χ0) is 42.5. The van der Waals surface area contributed by atoms with Gasteiger partial charge in [0.2, 0.25) is 0 Å². The first-order valence-corrected chi connectivity index (χ1v) is 22.4. The summed E-state index contributed by atoms with van der Waals surface area (Å²) in [7, 11) is 0. The molecule has 3 nitrogen and oxygen atoms in total. The lowest BCUT2D eigenvalue weighted by molar-refractivity contribution is 0.661. The average Bonchev–Trinajstić information content (AvgIpc) is 3.97. The quantitative estimate of drug-likeness (QED) is 0.167. The van der Waals surface area contributed by atoms with E-state index >= 15 is 0 Å². The van der Waals surface area contributed by atoms with E-state index < -0.39 is 0 Å². The molecule has 0 bridgehead atoms. The molecule has 1 atom stereocenters. The topological polar surface area (TPSA) is 21.3 Å². The molecule has 0 fully saturated rings. The van der Waals surface area contributed by atoms with Gasteiger partial charge in [-0.3, -0.25) is 0 Å². The van der Waals surface area contributed by atoms with Gasteiger partial charge < -0.3 is 13.9 Å². The highest BCUT2D eigenvalue weighted by atomic mass is 16.3. The third kappa shape index (κ3) is 5.53. The summed E-state index contributed by atoms with van der Waals surface area (Å²) in [4.78, 5) is 2.41. The zero-order valence-electron chi connectivity index (χ0n) is 35.8. The van der Waals surface area contributed by atoms with Crippen molar-refractivity contribution in [2.75, 3.05) is 4.90 Å². The van der Waals surface area contributed by atoms with E-state index in [-0.39, 0.29) is 5.41 Å². The van der Waals surface area contributed by atoms with Gasteiger partial charge in [0.05, 0.1) is 16.7 Å². The number of allylic oxidation sites excluding steroid dienone is 7. The molecule has 0 amide bonds. The van der Waals surface area contributed by atoms with Crippen molar-refractivity contribution < 1.29 is 4.42 Å². The van der Waals surface area contributed by atoms with Gasteiger partial charge in [0, 0.05) is 49.9 Å². The molecule has 3 aliphatic carbocycles. The van der Waals surface area contributed by atoms with E-state index in [0.29, 0.717) is 5.92 Å². The number of anilines is 2. The fraction of sp³-hybridized carbons (Fsp3) is 0.0820. The number of rotatable bonds is 6. The number of furan rings is 1. The van der Waals surface area contributed by atoms with E-state index in [2.05, 4.69) is 230 Å². The molecule has 3 heteroatoms. The minimum atomic E-state index is -0.175. The minimum Gasteiger partial charge on any atom is -0.454 e. The molecule has 1 unspecified atom stereocenters. The maximum absolute atomic E-state index is 6.55. The SMILES string of the molecule is CC1(C)c2cc(-c3ccc(N(C4=C5C=CC=CC5CC=C4)c4ccccc4)cc3)ccc2-c2ccc(-c3ccc4c(c3)c3ccccc3n4-c3cccc4c3oc3ccccc34)cc21. The van der Waals surface area contributed by atoms with Crippen LogP contribution in [0.2, 0.25) is 0 Å². The van der Waals surface area contributed by atoms with Crippen molar-refractivity contribution in [2.45, 2.75) is 25.7 Å². The molecular formula is C61H44N2O. The molecule has 0 saturated heterocycles. The van der Waals surface area contributed by atoms with Crippen LogP contribution in [0.25, 0.3) is 82.8 Å². The van der Waals surface area contributed by atoms with Crippen LogP contribution in [0.3, 0.4) is 0 Å². The summed E-state index contributed by atoms with van der Waals surface area (Å²) >= 11 is 0. The van der Waals surface area contributed by atoms with Crippen LogP contribution in [-0.2, 0) is 5.41 Å². The van der Waals surface area contributed by atoms with Crippen LogP contribution < -0.4 is 4.90 Å². The molecule has 64 heavy (non-hydrogen) atoms. The highest BCUT2D eigenvalue weighted by Crippen LogP contribution is 2.51. The van der Waals surface area contributed by atoms with Crippen molar-refractivity contribution in [3.8, 4) is 39.1 Å². The van der Waals surface area contributed by atoms with Crippen molar-refractivity contribution in [3.63, 3.8) is 0 Å². The molecule has 0 radical (unpaired) electrons. The van der Waals surface area contributed by atoms with Gasteiger partial charge in [0.15, 0.2) is 5.58 Å². The lowest BCUT2D eigenvalue weighted by atomic mass is 9.81. The monoisotopic (exact) mass is 820 g/mol. The number of benzene rings is 8. The van der Waals surface area contributed by atoms with Gasteiger partial charge in [-0.25, -0.2) is 0 Å². The second-order valence-corrected chi connectivity index (χ2v) is 18.0. The van der Waals surface area contributed by atoms with E-state index in [1.54, 1.807) is 0 Å². The summed E-state index contributed by atoms with van der Waals surface area (Å²) in [6, 6.07) is 64.6. The molecule has 13 rings (SSSR count). The van der Waals surface area contributed by atoms with E-state index in [1.807, 2.05) is 6.07 Å². The second kappa shape index (κ2) is 14.1. The van der Waals surface area contributed by atoms with Gasteiger partial charge in [0.25, 0.3) is 0 Å². The van der Waals surface area contributed by atoms with Crippen LogP contribution >= 0.6 is 0 Å². The second-order valence-electron chi connectivity index (χ2n) is 18.0. The first-order valence-electron chi connectivity index (χ1n) is 22.4. The molecular weight excluding hydrogens is 777 g/mol. The molecule has 8 aromatic carbocycles. The Hall–Kier alpha value is -7.88. The van der Waals surface area contributed by atoms with Gasteiger partial charge in [-0.15, -0.1) is 0 Å². The van der Waals surface area contributed by atoms with E-state index in [0.717, 1.165) is 50.9 Å². The Labute approximate surface area is 372 Å². The van der Waals surface area contributed by atoms with E-state index in [4.69, 9.17) is 4.42 Å². The molecule has 2 heterocycles. The number of fused-ring (bicyclic) bond motifs is 10. The predicted molar refractivity (Wildman–Crippen MR) is 268 cm³/mol. The van der Waals surface area contributed by atoms with Gasteiger partial charge in [-0.2, -0.15) is 0 Å². The molecule has 0 aliphatic heterocycles. The Kier molecular flexibility index (Phi) is 8.08. The standard InChI is InChI=1S/C61H44N2O/c1-61(2)53-37-42(39-26-31-45(32-27-39)62(44-16-4-3-5-17-44)55-23-12-15-40-14-6-7-18-46(40)55)28-33-47(53)48-34-29-43(38-54(48)61)41-30-35-57-52(36-41)49-19-8-10-22-56(49)63(57)58-24-13-21-51-50-20-9-11-25-59(50)64-60(51)58/h3-14,16-38,40H,15H2,1-2H3. The van der Waals surface area contributed by atoms with E-state index in [1.165, 1.54) is 72.1 Å². The summed E-state index contributed by atoms with van der Waals surface area (Å²) in [5.74, 6) is 0.401. The van der Waals surface area contributed by atoms with Crippen molar-refractivity contribution in [3.05, 3.63) is 235 Å². The summed E-state index contributed by atoms with van der Waals surface area (Å²) in [5.41, 5.74) is 20.2. The predicted octanol–water partition coefficient (Wildman–Crippen LogP) is 16.4. The lowest BCUT2D eigenvalue weighted by Crippen LogP contribution is -2.21. The Balaban J connectivity index is 0.849. The molecule has 2 aromatic heterocycles. The number of nitrogens with zero attached hydrogens (tertiary/aromatic N) is 2. The number of hydrogen-bond acceptors (Lipinski definition) is 2. The maximum Gasteiger partial charge on any atom is 0.159 e. The highest BCUT2D eigenvalue weighted by molar-refractivity contribution is 6.13. The molecule has 0 saturated carbocycles. The number of hydrogen-bond donors (Lipinski definition) is 0. The van der Waals surface area contributed by atoms with Crippen LogP contribution in [0.15, 0.2) is 228 Å².